The molecule has 0 aliphatic carbocycles. The second kappa shape index (κ2) is 8.12. The zero-order valence-electron chi connectivity index (χ0n) is 14.4. The van der Waals surface area contributed by atoms with E-state index in [9.17, 15) is 14.7 Å². The van der Waals surface area contributed by atoms with Crippen LogP contribution >= 0.6 is 15.9 Å². The lowest BCUT2D eigenvalue weighted by Crippen LogP contribution is -2.52. The highest BCUT2D eigenvalue weighted by Crippen LogP contribution is 2.24. The molecule has 3 atom stereocenters. The smallest absolute Gasteiger partial charge is 0.307 e. The number of carboxylic acids is 1. The van der Waals surface area contributed by atoms with Gasteiger partial charge in [-0.3, -0.25) is 14.5 Å². The second-order valence-electron chi connectivity index (χ2n) is 6.83. The van der Waals surface area contributed by atoms with Crippen molar-refractivity contribution in [2.45, 2.75) is 32.9 Å². The van der Waals surface area contributed by atoms with Crippen molar-refractivity contribution in [1.82, 2.24) is 9.80 Å². The standard InChI is InChI=1S/C18H25BrN2O3/c1-12-8-15(18(23)24)11-21(9-12)13(2)17(22)20(3)10-14-4-6-16(19)7-5-14/h4-7,12-13,15H,8-11H2,1-3H3,(H,23,24). The lowest BCUT2D eigenvalue weighted by atomic mass is 9.89. The molecule has 1 heterocycles. The highest BCUT2D eigenvalue weighted by molar-refractivity contribution is 9.10. The van der Waals surface area contributed by atoms with Gasteiger partial charge in [0.15, 0.2) is 0 Å². The minimum absolute atomic E-state index is 0.0242. The first kappa shape index (κ1) is 18.9. The second-order valence-corrected chi connectivity index (χ2v) is 7.74. The molecule has 1 aromatic carbocycles. The lowest BCUT2D eigenvalue weighted by Gasteiger charge is -2.38. The molecule has 1 saturated heterocycles. The van der Waals surface area contributed by atoms with Crippen LogP contribution in [-0.4, -0.2) is 53.0 Å². The average Bonchev–Trinajstić information content (AvgIpc) is 2.54. The molecule has 1 aromatic rings. The fourth-order valence-corrected chi connectivity index (χ4v) is 3.57. The molecule has 1 amide bonds. The molecule has 5 nitrogen and oxygen atoms in total. The zero-order valence-corrected chi connectivity index (χ0v) is 16.0. The maximum Gasteiger partial charge on any atom is 0.307 e. The molecule has 0 bridgehead atoms. The van der Waals surface area contributed by atoms with Crippen molar-refractivity contribution >= 4 is 27.8 Å². The van der Waals surface area contributed by atoms with Gasteiger partial charge in [0, 0.05) is 31.2 Å². The summed E-state index contributed by atoms with van der Waals surface area (Å²) < 4.78 is 1.01. The number of rotatable bonds is 5. The van der Waals surface area contributed by atoms with Gasteiger partial charge in [0.1, 0.15) is 0 Å². The Bertz CT molecular complexity index is 590. The Labute approximate surface area is 151 Å². The average molecular weight is 397 g/mol. The Kier molecular flexibility index (Phi) is 6.40. The Morgan fingerprint density at radius 3 is 2.54 bits per heavy atom. The van der Waals surface area contributed by atoms with Crippen LogP contribution in [0, 0.1) is 11.8 Å². The number of benzene rings is 1. The predicted octanol–water partition coefficient (Wildman–Crippen LogP) is 2.84. The molecule has 1 aliphatic heterocycles. The molecule has 2 rings (SSSR count). The molecular weight excluding hydrogens is 372 g/mol. The van der Waals surface area contributed by atoms with Crippen LogP contribution in [0.2, 0.25) is 0 Å². The Morgan fingerprint density at radius 2 is 1.96 bits per heavy atom. The van der Waals surface area contributed by atoms with Crippen LogP contribution in [0.1, 0.15) is 25.8 Å². The number of hydrogen-bond donors (Lipinski definition) is 1. The number of hydrogen-bond acceptors (Lipinski definition) is 3. The van der Waals surface area contributed by atoms with E-state index in [2.05, 4.69) is 15.9 Å². The topological polar surface area (TPSA) is 60.9 Å². The number of likely N-dealkylation sites (tertiary alicyclic amines) is 1. The van der Waals surface area contributed by atoms with Crippen molar-refractivity contribution in [3.05, 3.63) is 34.3 Å². The van der Waals surface area contributed by atoms with E-state index >= 15 is 0 Å². The molecule has 132 valence electrons. The fraction of sp³-hybridized carbons (Fsp3) is 0.556. The summed E-state index contributed by atoms with van der Waals surface area (Å²) in [5.41, 5.74) is 1.07. The van der Waals surface area contributed by atoms with Gasteiger partial charge in [-0.25, -0.2) is 0 Å². The molecule has 1 aliphatic rings. The first-order valence-corrected chi connectivity index (χ1v) is 9.03. The summed E-state index contributed by atoms with van der Waals surface area (Å²) in [6.07, 6.45) is 0.682. The van der Waals surface area contributed by atoms with Crippen molar-refractivity contribution in [2.24, 2.45) is 11.8 Å². The van der Waals surface area contributed by atoms with E-state index in [1.807, 2.05) is 43.0 Å². The van der Waals surface area contributed by atoms with Gasteiger partial charge in [-0.1, -0.05) is 35.0 Å². The molecule has 1 fully saturated rings. The number of carbonyl (C=O) groups is 2. The van der Waals surface area contributed by atoms with Crippen LogP contribution in [-0.2, 0) is 16.1 Å². The van der Waals surface area contributed by atoms with Gasteiger partial charge in [0.05, 0.1) is 12.0 Å². The van der Waals surface area contributed by atoms with E-state index in [1.54, 1.807) is 11.9 Å². The minimum atomic E-state index is -0.769. The van der Waals surface area contributed by atoms with Crippen molar-refractivity contribution < 1.29 is 14.7 Å². The number of aliphatic carboxylic acids is 1. The third-order valence-corrected chi connectivity index (χ3v) is 5.18. The van der Waals surface area contributed by atoms with E-state index in [-0.39, 0.29) is 23.8 Å². The number of piperidine rings is 1. The molecule has 0 aromatic heterocycles. The Morgan fingerprint density at radius 1 is 1.33 bits per heavy atom. The summed E-state index contributed by atoms with van der Waals surface area (Å²) >= 11 is 3.40. The molecule has 0 spiro atoms. The third-order valence-electron chi connectivity index (χ3n) is 4.65. The quantitative estimate of drug-likeness (QED) is 0.830. The third kappa shape index (κ3) is 4.80. The summed E-state index contributed by atoms with van der Waals surface area (Å²) in [4.78, 5) is 27.8. The Hall–Kier alpha value is -1.40. The van der Waals surface area contributed by atoms with Gasteiger partial charge in [0.2, 0.25) is 5.91 Å². The van der Waals surface area contributed by atoms with Gasteiger partial charge in [-0.05, 0) is 37.0 Å². The fourth-order valence-electron chi connectivity index (χ4n) is 3.30. The number of nitrogens with zero attached hydrogens (tertiary/aromatic N) is 2. The largest absolute Gasteiger partial charge is 0.481 e. The summed E-state index contributed by atoms with van der Waals surface area (Å²) in [5, 5.41) is 9.29. The molecule has 3 unspecified atom stereocenters. The van der Waals surface area contributed by atoms with Gasteiger partial charge in [0.25, 0.3) is 0 Å². The minimum Gasteiger partial charge on any atom is -0.481 e. The van der Waals surface area contributed by atoms with Crippen LogP contribution in [0.15, 0.2) is 28.7 Å². The van der Waals surface area contributed by atoms with Crippen LogP contribution in [0.25, 0.3) is 0 Å². The van der Waals surface area contributed by atoms with Crippen LogP contribution < -0.4 is 0 Å². The van der Waals surface area contributed by atoms with Gasteiger partial charge in [-0.2, -0.15) is 0 Å². The number of halogens is 1. The van der Waals surface area contributed by atoms with E-state index < -0.39 is 5.97 Å². The van der Waals surface area contributed by atoms with Crippen molar-refractivity contribution in [2.75, 3.05) is 20.1 Å². The molecule has 0 radical (unpaired) electrons. The van der Waals surface area contributed by atoms with Crippen LogP contribution in [0.4, 0.5) is 0 Å². The number of amides is 1. The maximum absolute atomic E-state index is 12.7. The highest BCUT2D eigenvalue weighted by atomic mass is 79.9. The Balaban J connectivity index is 1.99. The summed E-state index contributed by atoms with van der Waals surface area (Å²) in [6.45, 7) is 5.67. The molecule has 24 heavy (non-hydrogen) atoms. The lowest BCUT2D eigenvalue weighted by molar-refractivity contribution is -0.147. The van der Waals surface area contributed by atoms with Gasteiger partial charge in [-0.15, -0.1) is 0 Å². The molecular formula is C18H25BrN2O3. The number of likely N-dealkylation sites (N-methyl/N-ethyl adjacent to an activating group) is 1. The summed E-state index contributed by atoms with van der Waals surface area (Å²) in [6, 6.07) is 7.58. The summed E-state index contributed by atoms with van der Waals surface area (Å²) in [5.74, 6) is -0.849. The van der Waals surface area contributed by atoms with E-state index in [1.165, 1.54) is 0 Å². The monoisotopic (exact) mass is 396 g/mol. The SMILES string of the molecule is CC1CC(C(=O)O)CN(C(C)C(=O)N(C)Cc2ccc(Br)cc2)C1. The van der Waals surface area contributed by atoms with Crippen LogP contribution in [0.5, 0.6) is 0 Å². The maximum atomic E-state index is 12.7. The highest BCUT2D eigenvalue weighted by Gasteiger charge is 2.34. The van der Waals surface area contributed by atoms with Crippen molar-refractivity contribution in [3.63, 3.8) is 0 Å². The predicted molar refractivity (Wildman–Crippen MR) is 96.6 cm³/mol. The van der Waals surface area contributed by atoms with Crippen molar-refractivity contribution in [3.8, 4) is 0 Å². The van der Waals surface area contributed by atoms with E-state index in [0.717, 1.165) is 16.6 Å². The normalized spacial score (nSPS) is 22.8. The molecule has 6 heteroatoms. The van der Waals surface area contributed by atoms with E-state index in [4.69, 9.17) is 0 Å². The molecule has 1 N–H and O–H groups in total. The first-order chi connectivity index (χ1) is 11.3. The zero-order chi connectivity index (χ0) is 17.9. The van der Waals surface area contributed by atoms with Crippen molar-refractivity contribution in [1.29, 1.82) is 0 Å². The van der Waals surface area contributed by atoms with Gasteiger partial charge < -0.3 is 10.0 Å². The van der Waals surface area contributed by atoms with Gasteiger partial charge >= 0.3 is 5.97 Å². The summed E-state index contributed by atoms with van der Waals surface area (Å²) in [7, 11) is 1.79. The first-order valence-electron chi connectivity index (χ1n) is 8.24. The number of carboxylic acid groups (broad SMARTS) is 1. The molecule has 0 saturated carbocycles. The van der Waals surface area contributed by atoms with Crippen LogP contribution in [0.3, 0.4) is 0 Å². The van der Waals surface area contributed by atoms with E-state index in [0.29, 0.717) is 19.5 Å². The number of carbonyl (C=O) groups excluding carboxylic acids is 1.